The molecule has 0 fully saturated rings. The van der Waals surface area contributed by atoms with Crippen LogP contribution in [-0.2, 0) is 6.54 Å². The van der Waals surface area contributed by atoms with Crippen LogP contribution >= 0.6 is 15.9 Å². The lowest BCUT2D eigenvalue weighted by Gasteiger charge is -2.02. The predicted molar refractivity (Wildman–Crippen MR) is 81.7 cm³/mol. The summed E-state index contributed by atoms with van der Waals surface area (Å²) in [7, 11) is 0. The molecule has 4 rings (SSSR count). The van der Waals surface area contributed by atoms with Crippen LogP contribution in [0.5, 0.6) is 0 Å². The summed E-state index contributed by atoms with van der Waals surface area (Å²) in [6, 6.07) is 9.65. The van der Waals surface area contributed by atoms with Gasteiger partial charge >= 0.3 is 0 Å². The second-order valence-corrected chi connectivity index (χ2v) is 5.59. The zero-order chi connectivity index (χ0) is 14.4. The number of halogens is 1. The molecule has 0 saturated carbocycles. The van der Waals surface area contributed by atoms with Crippen molar-refractivity contribution in [1.29, 1.82) is 0 Å². The van der Waals surface area contributed by atoms with Gasteiger partial charge in [-0.25, -0.2) is 14.2 Å². The molecule has 1 aromatic carbocycles. The Labute approximate surface area is 127 Å². The number of hydrogen-bond donors (Lipinski definition) is 1. The summed E-state index contributed by atoms with van der Waals surface area (Å²) < 4.78 is 4.47. The smallest absolute Gasteiger partial charge is 0.155 e. The van der Waals surface area contributed by atoms with E-state index in [0.717, 1.165) is 26.8 Å². The first kappa shape index (κ1) is 12.3. The molecule has 7 nitrogen and oxygen atoms in total. The molecule has 0 amide bonds. The molecule has 3 heterocycles. The van der Waals surface area contributed by atoms with E-state index in [4.69, 9.17) is 5.73 Å². The lowest BCUT2D eigenvalue weighted by Crippen LogP contribution is -2.06. The van der Waals surface area contributed by atoms with Crippen LogP contribution in [0.2, 0.25) is 0 Å². The minimum Gasteiger partial charge on any atom is -0.382 e. The lowest BCUT2D eigenvalue weighted by atomic mass is 10.3. The van der Waals surface area contributed by atoms with E-state index in [0.29, 0.717) is 12.4 Å². The number of rotatable bonds is 2. The van der Waals surface area contributed by atoms with Crippen molar-refractivity contribution in [1.82, 2.24) is 29.6 Å². The van der Waals surface area contributed by atoms with Crippen LogP contribution in [0, 0.1) is 0 Å². The molecule has 4 aromatic rings. The van der Waals surface area contributed by atoms with Crippen molar-refractivity contribution in [3.63, 3.8) is 0 Å². The quantitative estimate of drug-likeness (QED) is 0.600. The highest BCUT2D eigenvalue weighted by atomic mass is 79.9. The van der Waals surface area contributed by atoms with Gasteiger partial charge in [0.2, 0.25) is 0 Å². The Kier molecular flexibility index (Phi) is 2.64. The topological polar surface area (TPSA) is 86.9 Å². The molecule has 0 bridgehead atoms. The third kappa shape index (κ3) is 2.13. The third-order valence-corrected chi connectivity index (χ3v) is 3.67. The summed E-state index contributed by atoms with van der Waals surface area (Å²) in [5.41, 5.74) is 9.05. The lowest BCUT2D eigenvalue weighted by molar-refractivity contribution is 0.646. The van der Waals surface area contributed by atoms with E-state index in [9.17, 15) is 0 Å². The van der Waals surface area contributed by atoms with E-state index < -0.39 is 0 Å². The van der Waals surface area contributed by atoms with Crippen molar-refractivity contribution >= 4 is 38.4 Å². The molecule has 3 aromatic heterocycles. The Morgan fingerprint density at radius 3 is 3.00 bits per heavy atom. The van der Waals surface area contributed by atoms with Gasteiger partial charge in [-0.05, 0) is 30.3 Å². The van der Waals surface area contributed by atoms with Gasteiger partial charge in [0.05, 0.1) is 24.0 Å². The van der Waals surface area contributed by atoms with Gasteiger partial charge < -0.3 is 5.73 Å². The number of nitrogens with two attached hydrogens (primary N) is 1. The van der Waals surface area contributed by atoms with E-state index in [1.165, 1.54) is 0 Å². The summed E-state index contributed by atoms with van der Waals surface area (Å²) in [6.07, 6.45) is 1.69. The number of imidazole rings is 1. The van der Waals surface area contributed by atoms with E-state index in [1.807, 2.05) is 35.0 Å². The standard InChI is InChI=1S/C13H10BrN7/c14-8-1-3-10-11(5-8)20(19-17-10)6-9-2-4-13-16-12(15)7-21(13)18-9/h1-5,7H,6,15H2. The number of fused-ring (bicyclic) bond motifs is 2. The Bertz CT molecular complexity index is 956. The van der Waals surface area contributed by atoms with Crippen molar-refractivity contribution in [3.8, 4) is 0 Å². The highest BCUT2D eigenvalue weighted by Crippen LogP contribution is 2.18. The number of aromatic nitrogens is 6. The van der Waals surface area contributed by atoms with Crippen LogP contribution in [-0.4, -0.2) is 29.6 Å². The molecule has 104 valence electrons. The van der Waals surface area contributed by atoms with Crippen molar-refractivity contribution in [2.75, 3.05) is 5.73 Å². The van der Waals surface area contributed by atoms with Crippen molar-refractivity contribution in [2.45, 2.75) is 6.54 Å². The van der Waals surface area contributed by atoms with Crippen molar-refractivity contribution in [2.24, 2.45) is 0 Å². The van der Waals surface area contributed by atoms with Crippen LogP contribution in [0.3, 0.4) is 0 Å². The van der Waals surface area contributed by atoms with Crippen molar-refractivity contribution in [3.05, 3.63) is 46.7 Å². The normalized spacial score (nSPS) is 11.5. The fourth-order valence-corrected chi connectivity index (χ4v) is 2.58. The fraction of sp³-hybridized carbons (Fsp3) is 0.0769. The van der Waals surface area contributed by atoms with Crippen LogP contribution in [0.1, 0.15) is 5.69 Å². The van der Waals surface area contributed by atoms with Crippen LogP contribution in [0.4, 0.5) is 5.82 Å². The molecule has 0 aliphatic heterocycles. The van der Waals surface area contributed by atoms with E-state index in [1.54, 1.807) is 10.7 Å². The molecular weight excluding hydrogens is 334 g/mol. The van der Waals surface area contributed by atoms with Gasteiger partial charge in [-0.15, -0.1) is 5.10 Å². The van der Waals surface area contributed by atoms with Gasteiger partial charge in [0.1, 0.15) is 11.3 Å². The minimum absolute atomic E-state index is 0.454. The molecule has 0 unspecified atom stereocenters. The minimum atomic E-state index is 0.454. The molecule has 8 heteroatoms. The van der Waals surface area contributed by atoms with Gasteiger partial charge in [0, 0.05) is 4.47 Å². The fourth-order valence-electron chi connectivity index (χ4n) is 2.23. The Morgan fingerprint density at radius 1 is 1.19 bits per heavy atom. The van der Waals surface area contributed by atoms with Gasteiger partial charge in [0.25, 0.3) is 0 Å². The SMILES string of the molecule is Nc1cn2nc(Cn3nnc4ccc(Br)cc43)ccc2n1. The summed E-state index contributed by atoms with van der Waals surface area (Å²) in [5.74, 6) is 0.454. The number of hydrogen-bond acceptors (Lipinski definition) is 5. The molecule has 0 aliphatic rings. The molecule has 0 saturated heterocycles. The van der Waals surface area contributed by atoms with Crippen LogP contribution in [0.15, 0.2) is 41.0 Å². The maximum atomic E-state index is 5.66. The third-order valence-electron chi connectivity index (χ3n) is 3.18. The average Bonchev–Trinajstić information content (AvgIpc) is 3.01. The Morgan fingerprint density at radius 2 is 2.10 bits per heavy atom. The molecule has 2 N–H and O–H groups in total. The Balaban J connectivity index is 1.76. The second-order valence-electron chi connectivity index (χ2n) is 4.67. The molecular formula is C13H10BrN7. The van der Waals surface area contributed by atoms with Crippen LogP contribution < -0.4 is 5.73 Å². The zero-order valence-electron chi connectivity index (χ0n) is 10.8. The molecule has 0 spiro atoms. The predicted octanol–water partition coefficient (Wildman–Crippen LogP) is 1.87. The van der Waals surface area contributed by atoms with E-state index in [-0.39, 0.29) is 0 Å². The van der Waals surface area contributed by atoms with Crippen molar-refractivity contribution < 1.29 is 0 Å². The number of benzene rings is 1. The molecule has 0 atom stereocenters. The second kappa shape index (κ2) is 4.52. The van der Waals surface area contributed by atoms with Gasteiger partial charge in [-0.1, -0.05) is 21.1 Å². The first-order chi connectivity index (χ1) is 10.2. The maximum absolute atomic E-state index is 5.66. The molecule has 0 radical (unpaired) electrons. The highest BCUT2D eigenvalue weighted by molar-refractivity contribution is 9.10. The number of nitrogen functional groups attached to an aromatic ring is 1. The summed E-state index contributed by atoms with van der Waals surface area (Å²) in [4.78, 5) is 4.15. The van der Waals surface area contributed by atoms with E-state index in [2.05, 4.69) is 36.3 Å². The summed E-state index contributed by atoms with van der Waals surface area (Å²) in [5, 5.41) is 12.8. The summed E-state index contributed by atoms with van der Waals surface area (Å²) >= 11 is 3.46. The largest absolute Gasteiger partial charge is 0.382 e. The first-order valence-electron chi connectivity index (χ1n) is 6.28. The first-order valence-corrected chi connectivity index (χ1v) is 7.08. The zero-order valence-corrected chi connectivity index (χ0v) is 12.4. The maximum Gasteiger partial charge on any atom is 0.155 e. The van der Waals surface area contributed by atoms with Crippen LogP contribution in [0.25, 0.3) is 16.7 Å². The average molecular weight is 344 g/mol. The van der Waals surface area contributed by atoms with Gasteiger partial charge in [-0.3, -0.25) is 0 Å². The number of nitrogens with zero attached hydrogens (tertiary/aromatic N) is 6. The monoisotopic (exact) mass is 343 g/mol. The van der Waals surface area contributed by atoms with Gasteiger partial charge in [0.15, 0.2) is 5.65 Å². The van der Waals surface area contributed by atoms with Gasteiger partial charge in [-0.2, -0.15) is 5.10 Å². The highest BCUT2D eigenvalue weighted by Gasteiger charge is 2.07. The number of anilines is 1. The summed E-state index contributed by atoms with van der Waals surface area (Å²) in [6.45, 7) is 0.529. The molecule has 21 heavy (non-hydrogen) atoms. The van der Waals surface area contributed by atoms with E-state index >= 15 is 0 Å². The Hall–Kier alpha value is -2.48. The molecule has 0 aliphatic carbocycles.